The first-order valence-corrected chi connectivity index (χ1v) is 6.15. The molecule has 1 atom stereocenters. The lowest BCUT2D eigenvalue weighted by Crippen LogP contribution is -2.29. The highest BCUT2D eigenvalue weighted by atomic mass is 16.5. The topological polar surface area (TPSA) is 60.2 Å². The molecule has 2 aromatic rings. The lowest BCUT2D eigenvalue weighted by Gasteiger charge is -2.17. The molecule has 0 aliphatic heterocycles. The normalized spacial score (nSPS) is 12.8. The van der Waals surface area contributed by atoms with Gasteiger partial charge in [-0.3, -0.25) is 16.3 Å². The van der Waals surface area contributed by atoms with Gasteiger partial charge in [-0.1, -0.05) is 24.3 Å². The molecule has 1 aromatic carbocycles. The maximum absolute atomic E-state index is 5.65. The standard InChI is InChI=1S/C14H19N3O/c1-18-10-4-7-13(17-15)14-12-6-3-2-5-11(12)8-9-16-14/h2-3,5-6,8-9,13,17H,4,7,10,15H2,1H3. The molecule has 0 saturated carbocycles. The summed E-state index contributed by atoms with van der Waals surface area (Å²) in [5.74, 6) is 5.65. The summed E-state index contributed by atoms with van der Waals surface area (Å²) in [4.78, 5) is 4.47. The van der Waals surface area contributed by atoms with E-state index in [0.717, 1.165) is 30.5 Å². The Labute approximate surface area is 107 Å². The summed E-state index contributed by atoms with van der Waals surface area (Å²) in [6.07, 6.45) is 3.69. The van der Waals surface area contributed by atoms with Gasteiger partial charge in [0.1, 0.15) is 0 Å². The summed E-state index contributed by atoms with van der Waals surface area (Å²) >= 11 is 0. The molecule has 0 amide bonds. The molecule has 1 heterocycles. The highest BCUT2D eigenvalue weighted by Gasteiger charge is 2.13. The van der Waals surface area contributed by atoms with Crippen molar-refractivity contribution in [2.24, 2.45) is 5.84 Å². The first-order chi connectivity index (χ1) is 8.86. The van der Waals surface area contributed by atoms with Crippen molar-refractivity contribution in [3.05, 3.63) is 42.2 Å². The highest BCUT2D eigenvalue weighted by Crippen LogP contribution is 2.24. The second-order valence-electron chi connectivity index (χ2n) is 4.27. The van der Waals surface area contributed by atoms with E-state index in [2.05, 4.69) is 22.5 Å². The van der Waals surface area contributed by atoms with E-state index in [-0.39, 0.29) is 6.04 Å². The Morgan fingerprint density at radius 3 is 2.94 bits per heavy atom. The zero-order valence-electron chi connectivity index (χ0n) is 10.6. The first kappa shape index (κ1) is 13.0. The zero-order chi connectivity index (χ0) is 12.8. The van der Waals surface area contributed by atoms with E-state index in [0.29, 0.717) is 0 Å². The van der Waals surface area contributed by atoms with Crippen LogP contribution in [0, 0.1) is 0 Å². The Kier molecular flexibility index (Phi) is 4.64. The van der Waals surface area contributed by atoms with Gasteiger partial charge in [0.25, 0.3) is 0 Å². The van der Waals surface area contributed by atoms with Crippen LogP contribution in [0.5, 0.6) is 0 Å². The van der Waals surface area contributed by atoms with Crippen molar-refractivity contribution in [3.8, 4) is 0 Å². The van der Waals surface area contributed by atoms with Gasteiger partial charge in [-0.15, -0.1) is 0 Å². The third-order valence-corrected chi connectivity index (χ3v) is 3.08. The largest absolute Gasteiger partial charge is 0.385 e. The molecule has 18 heavy (non-hydrogen) atoms. The summed E-state index contributed by atoms with van der Waals surface area (Å²) in [6.45, 7) is 0.739. The second-order valence-corrected chi connectivity index (χ2v) is 4.27. The van der Waals surface area contributed by atoms with Gasteiger partial charge in [-0.05, 0) is 24.3 Å². The summed E-state index contributed by atoms with van der Waals surface area (Å²) < 4.78 is 5.07. The van der Waals surface area contributed by atoms with E-state index >= 15 is 0 Å². The lowest BCUT2D eigenvalue weighted by molar-refractivity contribution is 0.188. The molecule has 96 valence electrons. The quantitative estimate of drug-likeness (QED) is 0.465. The monoisotopic (exact) mass is 245 g/mol. The molecular formula is C14H19N3O. The number of benzene rings is 1. The fourth-order valence-electron chi connectivity index (χ4n) is 2.15. The summed E-state index contributed by atoms with van der Waals surface area (Å²) in [6, 6.07) is 10.3. The third kappa shape index (κ3) is 2.85. The SMILES string of the molecule is COCCCC(NN)c1nccc2ccccc12. The predicted octanol–water partition coefficient (Wildman–Crippen LogP) is 2.17. The number of ether oxygens (including phenoxy) is 1. The zero-order valence-corrected chi connectivity index (χ0v) is 10.6. The number of hydrogen-bond donors (Lipinski definition) is 2. The van der Waals surface area contributed by atoms with Crippen molar-refractivity contribution in [2.45, 2.75) is 18.9 Å². The molecular weight excluding hydrogens is 226 g/mol. The second kappa shape index (κ2) is 6.44. The van der Waals surface area contributed by atoms with Crippen LogP contribution in [-0.4, -0.2) is 18.7 Å². The Bertz CT molecular complexity index is 496. The predicted molar refractivity (Wildman–Crippen MR) is 72.9 cm³/mol. The molecule has 3 N–H and O–H groups in total. The number of nitrogens with zero attached hydrogens (tertiary/aromatic N) is 1. The Hall–Kier alpha value is -1.49. The summed E-state index contributed by atoms with van der Waals surface area (Å²) in [5.41, 5.74) is 3.86. The molecule has 1 unspecified atom stereocenters. The summed E-state index contributed by atoms with van der Waals surface area (Å²) in [5, 5.41) is 2.34. The van der Waals surface area contributed by atoms with Gasteiger partial charge >= 0.3 is 0 Å². The van der Waals surface area contributed by atoms with E-state index in [1.54, 1.807) is 7.11 Å². The van der Waals surface area contributed by atoms with E-state index in [1.165, 1.54) is 5.39 Å². The van der Waals surface area contributed by atoms with Crippen molar-refractivity contribution >= 4 is 10.8 Å². The van der Waals surface area contributed by atoms with Crippen LogP contribution in [0.2, 0.25) is 0 Å². The van der Waals surface area contributed by atoms with Crippen molar-refractivity contribution in [2.75, 3.05) is 13.7 Å². The van der Waals surface area contributed by atoms with Gasteiger partial charge < -0.3 is 4.74 Å². The van der Waals surface area contributed by atoms with E-state index in [9.17, 15) is 0 Å². The van der Waals surface area contributed by atoms with Crippen LogP contribution in [0.1, 0.15) is 24.6 Å². The van der Waals surface area contributed by atoms with Crippen LogP contribution in [0.25, 0.3) is 10.8 Å². The molecule has 0 fully saturated rings. The van der Waals surface area contributed by atoms with Gasteiger partial charge in [0.05, 0.1) is 11.7 Å². The fourth-order valence-corrected chi connectivity index (χ4v) is 2.15. The number of nitrogens with two attached hydrogens (primary N) is 1. The average Bonchev–Trinajstić information content (AvgIpc) is 2.43. The summed E-state index contributed by atoms with van der Waals surface area (Å²) in [7, 11) is 1.71. The number of aromatic nitrogens is 1. The van der Waals surface area contributed by atoms with E-state index in [4.69, 9.17) is 10.6 Å². The fraction of sp³-hybridized carbons (Fsp3) is 0.357. The molecule has 2 rings (SSSR count). The number of nitrogens with one attached hydrogen (secondary N) is 1. The number of pyridine rings is 1. The molecule has 4 heteroatoms. The number of rotatable bonds is 6. The van der Waals surface area contributed by atoms with E-state index < -0.39 is 0 Å². The van der Waals surface area contributed by atoms with Crippen LogP contribution in [0.4, 0.5) is 0 Å². The average molecular weight is 245 g/mol. The van der Waals surface area contributed by atoms with Crippen LogP contribution < -0.4 is 11.3 Å². The van der Waals surface area contributed by atoms with Gasteiger partial charge in [0.15, 0.2) is 0 Å². The van der Waals surface area contributed by atoms with Gasteiger partial charge in [-0.25, -0.2) is 0 Å². The molecule has 1 aromatic heterocycles. The third-order valence-electron chi connectivity index (χ3n) is 3.08. The Balaban J connectivity index is 2.27. The number of methoxy groups -OCH3 is 1. The number of hydrazine groups is 1. The Morgan fingerprint density at radius 2 is 2.17 bits per heavy atom. The van der Waals surface area contributed by atoms with Gasteiger partial charge in [0.2, 0.25) is 0 Å². The maximum Gasteiger partial charge on any atom is 0.0664 e. The van der Waals surface area contributed by atoms with E-state index in [1.807, 2.05) is 24.4 Å². The molecule has 0 aliphatic carbocycles. The van der Waals surface area contributed by atoms with Crippen LogP contribution in [0.15, 0.2) is 36.5 Å². The van der Waals surface area contributed by atoms with Gasteiger partial charge in [-0.2, -0.15) is 0 Å². The van der Waals surface area contributed by atoms with Crippen LogP contribution in [0.3, 0.4) is 0 Å². The van der Waals surface area contributed by atoms with Crippen molar-refractivity contribution in [1.82, 2.24) is 10.4 Å². The minimum atomic E-state index is 0.0613. The molecule has 0 bridgehead atoms. The minimum Gasteiger partial charge on any atom is -0.385 e. The van der Waals surface area contributed by atoms with Crippen LogP contribution in [-0.2, 0) is 4.74 Å². The van der Waals surface area contributed by atoms with Crippen molar-refractivity contribution < 1.29 is 4.74 Å². The maximum atomic E-state index is 5.65. The molecule has 4 nitrogen and oxygen atoms in total. The first-order valence-electron chi connectivity index (χ1n) is 6.15. The van der Waals surface area contributed by atoms with Crippen molar-refractivity contribution in [3.63, 3.8) is 0 Å². The molecule has 0 spiro atoms. The number of hydrogen-bond acceptors (Lipinski definition) is 4. The lowest BCUT2D eigenvalue weighted by atomic mass is 10.0. The van der Waals surface area contributed by atoms with Crippen molar-refractivity contribution in [1.29, 1.82) is 0 Å². The number of fused-ring (bicyclic) bond motifs is 1. The highest BCUT2D eigenvalue weighted by molar-refractivity contribution is 5.84. The minimum absolute atomic E-state index is 0.0613. The van der Waals surface area contributed by atoms with Gasteiger partial charge in [0, 0.05) is 25.3 Å². The Morgan fingerprint density at radius 1 is 1.33 bits per heavy atom. The molecule has 0 radical (unpaired) electrons. The molecule has 0 aliphatic rings. The molecule has 0 saturated heterocycles. The smallest absolute Gasteiger partial charge is 0.0664 e. The van der Waals surface area contributed by atoms with Crippen LogP contribution >= 0.6 is 0 Å².